The van der Waals surface area contributed by atoms with E-state index in [9.17, 15) is 9.65 Å². The summed E-state index contributed by atoms with van der Waals surface area (Å²) in [4.78, 5) is 9.84. The van der Waals surface area contributed by atoms with Crippen molar-refractivity contribution in [1.82, 2.24) is 9.88 Å². The van der Waals surface area contributed by atoms with Crippen LogP contribution in [-0.4, -0.2) is 73.2 Å². The third-order valence-corrected chi connectivity index (χ3v) is 10.8. The van der Waals surface area contributed by atoms with Gasteiger partial charge in [-0.15, -0.1) is 0 Å². The zero-order chi connectivity index (χ0) is 28.5. The summed E-state index contributed by atoms with van der Waals surface area (Å²) in [5.41, 5.74) is 10.8. The number of pyridine rings is 1. The van der Waals surface area contributed by atoms with Crippen molar-refractivity contribution in [2.75, 3.05) is 56.7 Å². The Balaban J connectivity index is 1.19. The Morgan fingerprint density at radius 2 is 2.07 bits per heavy atom. The minimum Gasteiger partial charge on any atom is -0.476 e. The number of aromatic nitrogens is 1. The van der Waals surface area contributed by atoms with Crippen LogP contribution in [0.4, 0.5) is 15.8 Å². The number of halogens is 1. The molecule has 4 unspecified atom stereocenters. The lowest BCUT2D eigenvalue weighted by atomic mass is 9.77. The van der Waals surface area contributed by atoms with E-state index in [1.165, 1.54) is 0 Å². The number of alkyl halides is 1. The van der Waals surface area contributed by atoms with E-state index >= 15 is 0 Å². The predicted octanol–water partition coefficient (Wildman–Crippen LogP) is 3.75. The topological polar surface area (TPSA) is 106 Å². The second-order valence-corrected chi connectivity index (χ2v) is 13.2. The SMILES string of the molecule is N#Cc1c(N)ccc2c1C1(COC2)Cc2nc(OCC34CCCN3CC(F)C4)cc(N3CCC34CCCOC4)c2CO1. The minimum absolute atomic E-state index is 0.0173. The van der Waals surface area contributed by atoms with E-state index in [4.69, 9.17) is 29.7 Å². The van der Waals surface area contributed by atoms with Crippen LogP contribution < -0.4 is 15.4 Å². The molecule has 2 N–H and O–H groups in total. The predicted molar refractivity (Wildman–Crippen MR) is 153 cm³/mol. The number of rotatable bonds is 4. The quantitative estimate of drug-likeness (QED) is 0.546. The molecule has 10 heteroatoms. The standard InChI is InChI=1S/C32H38FN5O4/c33-22-12-31(5-1-8-37(31)15-22)19-41-28-11-27(38-9-7-30(38)6-2-10-39-18-30)24-17-42-32(13-26(24)36-28)20-40-16-21-3-4-25(35)23(14-34)29(21)32/h3-4,11,22H,1-2,5-10,12-13,15-20,35H2. The molecule has 222 valence electrons. The first kappa shape index (κ1) is 26.6. The normalized spacial score (nSPS) is 33.6. The first-order valence-electron chi connectivity index (χ1n) is 15.4. The van der Waals surface area contributed by atoms with Gasteiger partial charge in [0.25, 0.3) is 0 Å². The molecule has 0 amide bonds. The summed E-state index contributed by atoms with van der Waals surface area (Å²) >= 11 is 0. The molecule has 1 aromatic carbocycles. The maximum atomic E-state index is 14.5. The Morgan fingerprint density at radius 1 is 1.14 bits per heavy atom. The number of ether oxygens (including phenoxy) is 4. The zero-order valence-corrected chi connectivity index (χ0v) is 24.0. The van der Waals surface area contributed by atoms with Crippen LogP contribution in [0.3, 0.4) is 0 Å². The summed E-state index contributed by atoms with van der Waals surface area (Å²) in [6.07, 6.45) is 5.39. The molecule has 42 heavy (non-hydrogen) atoms. The molecule has 0 aliphatic carbocycles. The maximum Gasteiger partial charge on any atom is 0.215 e. The number of anilines is 2. The molecule has 0 bridgehead atoms. The van der Waals surface area contributed by atoms with Crippen molar-refractivity contribution in [1.29, 1.82) is 5.26 Å². The van der Waals surface area contributed by atoms with Gasteiger partial charge in [0.1, 0.15) is 24.4 Å². The average molecular weight is 576 g/mol. The summed E-state index contributed by atoms with van der Waals surface area (Å²) in [6.45, 7) is 5.37. The van der Waals surface area contributed by atoms with Crippen LogP contribution in [-0.2, 0) is 39.4 Å². The number of nitrogens with zero attached hydrogens (tertiary/aromatic N) is 4. The summed E-state index contributed by atoms with van der Waals surface area (Å²) in [6, 6.07) is 8.10. The van der Waals surface area contributed by atoms with Crippen molar-refractivity contribution in [3.05, 3.63) is 46.1 Å². The van der Waals surface area contributed by atoms with Gasteiger partial charge in [0.15, 0.2) is 0 Å². The van der Waals surface area contributed by atoms with Gasteiger partial charge in [0.05, 0.1) is 48.8 Å². The Hall–Kier alpha value is -2.97. The van der Waals surface area contributed by atoms with Gasteiger partial charge in [-0.3, -0.25) is 4.90 Å². The van der Waals surface area contributed by atoms with Gasteiger partial charge >= 0.3 is 0 Å². The highest BCUT2D eigenvalue weighted by molar-refractivity contribution is 5.65. The summed E-state index contributed by atoms with van der Waals surface area (Å²) < 4.78 is 39.8. The number of hydrogen-bond acceptors (Lipinski definition) is 9. The van der Waals surface area contributed by atoms with Crippen molar-refractivity contribution in [2.24, 2.45) is 0 Å². The van der Waals surface area contributed by atoms with Gasteiger partial charge in [0, 0.05) is 61.1 Å². The third kappa shape index (κ3) is 3.97. The van der Waals surface area contributed by atoms with Crippen LogP contribution in [0, 0.1) is 11.3 Å². The highest BCUT2D eigenvalue weighted by Gasteiger charge is 2.51. The molecule has 0 saturated carbocycles. The molecule has 2 aromatic rings. The van der Waals surface area contributed by atoms with E-state index in [0.717, 1.165) is 79.9 Å². The lowest BCUT2D eigenvalue weighted by Gasteiger charge is -2.56. The Bertz CT molecular complexity index is 1460. The second-order valence-electron chi connectivity index (χ2n) is 13.2. The fraction of sp³-hybridized carbons (Fsp3) is 0.625. The fourth-order valence-corrected chi connectivity index (χ4v) is 8.63. The Morgan fingerprint density at radius 3 is 2.88 bits per heavy atom. The molecule has 2 spiro atoms. The van der Waals surface area contributed by atoms with Gasteiger partial charge < -0.3 is 29.6 Å². The lowest BCUT2D eigenvalue weighted by molar-refractivity contribution is -0.136. The van der Waals surface area contributed by atoms with Crippen molar-refractivity contribution < 1.29 is 23.3 Å². The van der Waals surface area contributed by atoms with E-state index in [2.05, 4.69) is 21.9 Å². The Labute approximate surface area is 245 Å². The monoisotopic (exact) mass is 575 g/mol. The van der Waals surface area contributed by atoms with Gasteiger partial charge in [-0.05, 0) is 50.3 Å². The second kappa shape index (κ2) is 9.78. The van der Waals surface area contributed by atoms with Crippen LogP contribution in [0.25, 0.3) is 0 Å². The van der Waals surface area contributed by atoms with Crippen LogP contribution >= 0.6 is 0 Å². The van der Waals surface area contributed by atoms with Crippen molar-refractivity contribution in [2.45, 2.75) is 81.0 Å². The highest BCUT2D eigenvalue weighted by atomic mass is 19.1. The first-order valence-corrected chi connectivity index (χ1v) is 15.4. The van der Waals surface area contributed by atoms with Gasteiger partial charge in [-0.25, -0.2) is 9.37 Å². The molecular weight excluding hydrogens is 537 g/mol. The van der Waals surface area contributed by atoms with Crippen molar-refractivity contribution in [3.63, 3.8) is 0 Å². The first-order chi connectivity index (χ1) is 20.4. The maximum absolute atomic E-state index is 14.5. The lowest BCUT2D eigenvalue weighted by Crippen LogP contribution is -2.64. The molecule has 4 fully saturated rings. The molecule has 8 rings (SSSR count). The number of hydrogen-bond donors (Lipinski definition) is 1. The molecule has 9 nitrogen and oxygen atoms in total. The zero-order valence-electron chi connectivity index (χ0n) is 24.0. The number of fused-ring (bicyclic) bond motifs is 4. The molecular formula is C32H38FN5O4. The van der Waals surface area contributed by atoms with Crippen LogP contribution in [0.15, 0.2) is 18.2 Å². The van der Waals surface area contributed by atoms with Gasteiger partial charge in [0.2, 0.25) is 5.88 Å². The fourth-order valence-electron chi connectivity index (χ4n) is 8.63. The molecule has 4 saturated heterocycles. The molecule has 4 atom stereocenters. The summed E-state index contributed by atoms with van der Waals surface area (Å²) in [5.74, 6) is 0.563. The molecule has 0 radical (unpaired) electrons. The van der Waals surface area contributed by atoms with Crippen molar-refractivity contribution in [3.8, 4) is 11.9 Å². The third-order valence-electron chi connectivity index (χ3n) is 10.8. The van der Waals surface area contributed by atoms with Crippen LogP contribution in [0.2, 0.25) is 0 Å². The molecule has 7 heterocycles. The van der Waals surface area contributed by atoms with E-state index in [-0.39, 0.29) is 11.1 Å². The highest BCUT2D eigenvalue weighted by Crippen LogP contribution is 2.49. The van der Waals surface area contributed by atoms with Crippen LogP contribution in [0.1, 0.15) is 66.5 Å². The van der Waals surface area contributed by atoms with Gasteiger partial charge in [-0.1, -0.05) is 6.07 Å². The minimum atomic E-state index is -0.863. The van der Waals surface area contributed by atoms with E-state index in [0.29, 0.717) is 69.6 Å². The summed E-state index contributed by atoms with van der Waals surface area (Å²) in [5, 5.41) is 10.1. The van der Waals surface area contributed by atoms with E-state index in [1.807, 2.05) is 6.07 Å². The molecule has 6 aliphatic heterocycles. The number of nitriles is 1. The Kier molecular flexibility index (Phi) is 6.20. The van der Waals surface area contributed by atoms with Crippen molar-refractivity contribution >= 4 is 11.4 Å². The average Bonchev–Trinajstić information content (AvgIpc) is 3.52. The van der Waals surface area contributed by atoms with Gasteiger partial charge in [-0.2, -0.15) is 5.26 Å². The van der Waals surface area contributed by atoms with E-state index in [1.54, 1.807) is 6.07 Å². The largest absolute Gasteiger partial charge is 0.476 e. The number of benzene rings is 1. The van der Waals surface area contributed by atoms with Crippen LogP contribution in [0.5, 0.6) is 5.88 Å². The smallest absolute Gasteiger partial charge is 0.215 e. The molecule has 6 aliphatic rings. The molecule has 1 aromatic heterocycles. The summed E-state index contributed by atoms with van der Waals surface area (Å²) in [7, 11) is 0. The van der Waals surface area contributed by atoms with E-state index < -0.39 is 11.8 Å². The number of nitrogens with two attached hydrogens (primary N) is 1. The number of nitrogen functional groups attached to an aromatic ring is 1.